The van der Waals surface area contributed by atoms with Gasteiger partial charge in [-0.15, -0.1) is 0 Å². The zero-order valence-corrected chi connectivity index (χ0v) is 24.1. The van der Waals surface area contributed by atoms with E-state index in [-0.39, 0.29) is 21.7 Å². The number of carboxylic acids is 1. The van der Waals surface area contributed by atoms with Gasteiger partial charge < -0.3 is 26.0 Å². The zero-order chi connectivity index (χ0) is 30.1. The van der Waals surface area contributed by atoms with Gasteiger partial charge in [-0.2, -0.15) is 0 Å². The fourth-order valence-electron chi connectivity index (χ4n) is 7.17. The van der Waals surface area contributed by atoms with E-state index < -0.39 is 58.7 Å². The van der Waals surface area contributed by atoms with Crippen LogP contribution in [0, 0.1) is 11.8 Å². The van der Waals surface area contributed by atoms with E-state index >= 15 is 0 Å². The summed E-state index contributed by atoms with van der Waals surface area (Å²) in [5.41, 5.74) is 8.39. The number of aliphatic hydroxyl groups is 2. The van der Waals surface area contributed by atoms with Gasteiger partial charge in [0.1, 0.15) is 16.8 Å². The van der Waals surface area contributed by atoms with E-state index in [1.807, 2.05) is 42.5 Å². The summed E-state index contributed by atoms with van der Waals surface area (Å²) in [6.07, 6.45) is -1.39. The first-order chi connectivity index (χ1) is 20.0. The Balaban J connectivity index is 1.52. The molecule has 1 amide bonds. The minimum Gasteiger partial charge on any atom is -0.477 e. The minimum absolute atomic E-state index is 0.0805. The number of hydrogen-bond donors (Lipinski definition) is 4. The van der Waals surface area contributed by atoms with Crippen molar-refractivity contribution in [1.82, 2.24) is 9.21 Å². The first-order valence-electron chi connectivity index (χ1n) is 14.0. The van der Waals surface area contributed by atoms with Crippen molar-refractivity contribution in [2.75, 3.05) is 13.1 Å². The van der Waals surface area contributed by atoms with Gasteiger partial charge in [0.15, 0.2) is 0 Å². The highest BCUT2D eigenvalue weighted by Crippen LogP contribution is 2.50. The molecule has 0 bridgehead atoms. The van der Waals surface area contributed by atoms with Crippen molar-refractivity contribution in [3.63, 3.8) is 0 Å². The van der Waals surface area contributed by atoms with Gasteiger partial charge in [-0.25, -0.2) is 17.5 Å². The average molecular weight is 592 g/mol. The Bertz CT molecular complexity index is 1750. The summed E-state index contributed by atoms with van der Waals surface area (Å²) in [7, 11) is -4.39. The van der Waals surface area contributed by atoms with Crippen LogP contribution >= 0.6 is 0 Å². The molecule has 11 heteroatoms. The first kappa shape index (κ1) is 28.4. The fraction of sp³-hybridized carbons (Fsp3) is 0.355. The zero-order valence-electron chi connectivity index (χ0n) is 23.3. The number of sulfonamides is 1. The molecular weight excluding hydrogens is 558 g/mol. The number of fused-ring (bicyclic) bond motifs is 4. The van der Waals surface area contributed by atoms with Crippen LogP contribution in [0.4, 0.5) is 0 Å². The largest absolute Gasteiger partial charge is 0.477 e. The van der Waals surface area contributed by atoms with E-state index in [1.165, 1.54) is 11.8 Å². The molecule has 1 fully saturated rings. The number of rotatable bonds is 8. The molecule has 0 aromatic heterocycles. The predicted molar refractivity (Wildman–Crippen MR) is 155 cm³/mol. The van der Waals surface area contributed by atoms with Crippen molar-refractivity contribution < 1.29 is 33.3 Å². The van der Waals surface area contributed by atoms with Gasteiger partial charge in [-0.1, -0.05) is 61.5 Å². The minimum atomic E-state index is -4.39. The van der Waals surface area contributed by atoms with E-state index in [4.69, 9.17) is 5.73 Å². The molecule has 3 aromatic rings. The van der Waals surface area contributed by atoms with Crippen molar-refractivity contribution in [2.45, 2.75) is 50.0 Å². The number of carbonyl (C=O) groups is 2. The highest BCUT2D eigenvalue weighted by Gasteiger charge is 2.60. The third kappa shape index (κ3) is 3.98. The van der Waals surface area contributed by atoms with E-state index in [2.05, 4.69) is 0 Å². The summed E-state index contributed by atoms with van der Waals surface area (Å²) >= 11 is 0. The van der Waals surface area contributed by atoms with Crippen LogP contribution in [-0.2, 0) is 27.7 Å². The Hall–Kier alpha value is -3.77. The van der Waals surface area contributed by atoms with Gasteiger partial charge in [0.05, 0.1) is 24.1 Å². The average Bonchev–Trinajstić information content (AvgIpc) is 3.31. The second kappa shape index (κ2) is 10.2. The molecule has 0 radical (unpaired) electrons. The Labute approximate surface area is 243 Å². The summed E-state index contributed by atoms with van der Waals surface area (Å²) in [5, 5.41) is 32.2. The molecular formula is C31H33N3O7S. The lowest BCUT2D eigenvalue weighted by atomic mass is 9.77. The summed E-state index contributed by atoms with van der Waals surface area (Å²) < 4.78 is 29.3. The Kier molecular flexibility index (Phi) is 6.88. The quantitative estimate of drug-likeness (QED) is 0.307. The van der Waals surface area contributed by atoms with Crippen LogP contribution in [-0.4, -0.2) is 76.3 Å². The normalized spacial score (nSPS) is 25.0. The maximum absolute atomic E-state index is 14.3. The number of nitrogens with two attached hydrogens (primary N) is 1. The standard InChI is InChI=1S/C31H33N3O7S/c1-16-23(27(31(38)39)34-26(16)24(17(2)35)30(34)37)15-33-29(36)25-22(14-18-8-4-3-5-9-18)20(12-13-32)19-10-6-7-11-21(19)28(25)42(33,40)41/h3-11,16-17,24,26,30,35,37H,12-15,32H2,1-2H3,(H,38,39)/t16-,17+,24+,26+,30?/m0/s1. The molecule has 0 spiro atoms. The van der Waals surface area contributed by atoms with Crippen LogP contribution in [0.1, 0.15) is 40.9 Å². The van der Waals surface area contributed by atoms with Gasteiger partial charge in [0.25, 0.3) is 15.9 Å². The highest BCUT2D eigenvalue weighted by atomic mass is 32.2. The van der Waals surface area contributed by atoms with Crippen LogP contribution < -0.4 is 5.73 Å². The number of nitrogens with zero attached hydrogens (tertiary/aromatic N) is 2. The highest BCUT2D eigenvalue weighted by molar-refractivity contribution is 7.90. The van der Waals surface area contributed by atoms with E-state index in [1.54, 1.807) is 19.1 Å². The van der Waals surface area contributed by atoms with Gasteiger partial charge in [0.2, 0.25) is 0 Å². The Morgan fingerprint density at radius 2 is 1.69 bits per heavy atom. The number of benzene rings is 3. The van der Waals surface area contributed by atoms with E-state index in [0.717, 1.165) is 15.4 Å². The van der Waals surface area contributed by atoms with Crippen LogP contribution in [0.2, 0.25) is 0 Å². The van der Waals surface area contributed by atoms with Gasteiger partial charge in [-0.3, -0.25) is 4.79 Å². The lowest BCUT2D eigenvalue weighted by molar-refractivity contribution is -0.192. The van der Waals surface area contributed by atoms with Crippen molar-refractivity contribution in [1.29, 1.82) is 0 Å². The third-order valence-corrected chi connectivity index (χ3v) is 10.9. The molecule has 3 aliphatic rings. The second-order valence-corrected chi connectivity index (χ2v) is 13.1. The van der Waals surface area contributed by atoms with Gasteiger partial charge in [0, 0.05) is 17.3 Å². The van der Waals surface area contributed by atoms with Gasteiger partial charge >= 0.3 is 5.97 Å². The lowest BCUT2D eigenvalue weighted by Gasteiger charge is -2.53. The molecule has 3 aromatic carbocycles. The third-order valence-electron chi connectivity index (χ3n) is 9.04. The number of hydrogen-bond acceptors (Lipinski definition) is 8. The maximum atomic E-state index is 14.3. The Morgan fingerprint density at radius 1 is 1.05 bits per heavy atom. The first-order valence-corrected chi connectivity index (χ1v) is 15.4. The molecule has 3 aliphatic heterocycles. The van der Waals surface area contributed by atoms with Crippen molar-refractivity contribution in [3.05, 3.63) is 88.1 Å². The molecule has 3 heterocycles. The molecule has 0 aliphatic carbocycles. The van der Waals surface area contributed by atoms with Crippen molar-refractivity contribution >= 4 is 32.7 Å². The van der Waals surface area contributed by atoms with E-state index in [0.29, 0.717) is 35.7 Å². The monoisotopic (exact) mass is 591 g/mol. The molecule has 5 atom stereocenters. The number of carbonyl (C=O) groups excluding carboxylic acids is 1. The molecule has 5 N–H and O–H groups in total. The fourth-order valence-corrected chi connectivity index (χ4v) is 8.93. The molecule has 220 valence electrons. The second-order valence-electron chi connectivity index (χ2n) is 11.3. The van der Waals surface area contributed by atoms with Crippen molar-refractivity contribution in [2.24, 2.45) is 17.6 Å². The predicted octanol–water partition coefficient (Wildman–Crippen LogP) is 2.06. The maximum Gasteiger partial charge on any atom is 0.352 e. The summed E-state index contributed by atoms with van der Waals surface area (Å²) in [4.78, 5) is 27.9. The lowest BCUT2D eigenvalue weighted by Crippen LogP contribution is -2.66. The van der Waals surface area contributed by atoms with Crippen molar-refractivity contribution in [3.8, 4) is 0 Å². The molecule has 10 nitrogen and oxygen atoms in total. The van der Waals surface area contributed by atoms with Crippen LogP contribution in [0.25, 0.3) is 10.8 Å². The summed E-state index contributed by atoms with van der Waals surface area (Å²) in [6.45, 7) is 3.09. The molecule has 1 unspecified atom stereocenters. The molecule has 42 heavy (non-hydrogen) atoms. The number of carboxylic acid groups (broad SMARTS) is 1. The topological polar surface area (TPSA) is 161 Å². The number of aliphatic carboxylic acids is 1. The van der Waals surface area contributed by atoms with Crippen LogP contribution in [0.5, 0.6) is 0 Å². The van der Waals surface area contributed by atoms with Crippen LogP contribution in [0.3, 0.4) is 0 Å². The molecule has 0 saturated carbocycles. The smallest absolute Gasteiger partial charge is 0.352 e. The SMILES string of the molecule is C[C@@H](O)[C@H]1C(O)N2C(C(=O)O)=C(CN3C(=O)c4c(Cc5ccccc5)c(CCN)c5ccccc5c4S3(=O)=O)[C@H](C)[C@H]12. The number of amides is 1. The number of aliphatic hydroxyl groups excluding tert-OH is 2. The summed E-state index contributed by atoms with van der Waals surface area (Å²) in [5.74, 6) is -3.19. The molecule has 6 rings (SSSR count). The summed E-state index contributed by atoms with van der Waals surface area (Å²) in [6, 6.07) is 16.0. The van der Waals surface area contributed by atoms with Gasteiger partial charge in [-0.05, 0) is 54.0 Å². The molecule has 1 saturated heterocycles. The van der Waals surface area contributed by atoms with E-state index in [9.17, 15) is 33.3 Å². The van der Waals surface area contributed by atoms with Crippen LogP contribution in [0.15, 0.2) is 70.8 Å². The Morgan fingerprint density at radius 3 is 2.31 bits per heavy atom.